The van der Waals surface area contributed by atoms with Crippen molar-refractivity contribution in [2.75, 3.05) is 18.5 Å². The molecule has 4 heteroatoms. The number of ether oxygens (including phenoxy) is 1. The van der Waals surface area contributed by atoms with Crippen molar-refractivity contribution in [2.45, 2.75) is 20.3 Å². The Hall–Kier alpha value is -1.58. The molecule has 82 valence electrons. The molecule has 0 aliphatic heterocycles. The summed E-state index contributed by atoms with van der Waals surface area (Å²) in [7, 11) is 0. The lowest BCUT2D eigenvalue weighted by Crippen LogP contribution is -2.05. The number of nitrogens with one attached hydrogen (secondary N) is 1. The van der Waals surface area contributed by atoms with Crippen LogP contribution in [-0.2, 0) is 0 Å². The van der Waals surface area contributed by atoms with Crippen LogP contribution in [0.3, 0.4) is 0 Å². The van der Waals surface area contributed by atoms with Crippen LogP contribution in [0.2, 0.25) is 0 Å². The second-order valence-corrected chi connectivity index (χ2v) is 2.94. The molecule has 0 aliphatic carbocycles. The van der Waals surface area contributed by atoms with Crippen molar-refractivity contribution in [3.8, 4) is 5.88 Å². The molecule has 0 unspecified atom stereocenters. The second kappa shape index (κ2) is 6.81. The molecule has 1 heterocycles. The van der Waals surface area contributed by atoms with Crippen LogP contribution in [0.4, 0.5) is 5.95 Å². The van der Waals surface area contributed by atoms with E-state index in [0.29, 0.717) is 18.4 Å². The van der Waals surface area contributed by atoms with Gasteiger partial charge >= 0.3 is 0 Å². The zero-order valence-corrected chi connectivity index (χ0v) is 9.23. The largest absolute Gasteiger partial charge is 0.478 e. The Bertz CT molecular complexity index is 312. The summed E-state index contributed by atoms with van der Waals surface area (Å²) in [6, 6.07) is 1.75. The molecule has 0 atom stereocenters. The number of allylic oxidation sites excluding steroid dienone is 1. The molecule has 1 rings (SSSR count). The molecule has 1 aromatic heterocycles. The molecule has 0 amide bonds. The van der Waals surface area contributed by atoms with Crippen LogP contribution in [0.5, 0.6) is 5.88 Å². The number of aromatic nitrogens is 2. The Morgan fingerprint density at radius 3 is 3.13 bits per heavy atom. The first-order valence-electron chi connectivity index (χ1n) is 5.17. The average molecular weight is 207 g/mol. The summed E-state index contributed by atoms with van der Waals surface area (Å²) in [6.45, 7) is 5.39. The van der Waals surface area contributed by atoms with Crippen LogP contribution in [0.1, 0.15) is 20.3 Å². The monoisotopic (exact) mass is 207 g/mol. The summed E-state index contributed by atoms with van der Waals surface area (Å²) in [4.78, 5) is 8.28. The van der Waals surface area contributed by atoms with Gasteiger partial charge in [-0.1, -0.05) is 12.2 Å². The van der Waals surface area contributed by atoms with Crippen molar-refractivity contribution >= 4 is 5.95 Å². The van der Waals surface area contributed by atoms with Crippen molar-refractivity contribution in [3.05, 3.63) is 24.4 Å². The zero-order chi connectivity index (χ0) is 10.9. The maximum absolute atomic E-state index is 5.27. The van der Waals surface area contributed by atoms with Crippen molar-refractivity contribution in [3.63, 3.8) is 0 Å². The molecule has 4 nitrogen and oxygen atoms in total. The third-order valence-corrected chi connectivity index (χ3v) is 1.75. The third-order valence-electron chi connectivity index (χ3n) is 1.75. The lowest BCUT2D eigenvalue weighted by Gasteiger charge is -2.05. The van der Waals surface area contributed by atoms with E-state index in [4.69, 9.17) is 4.74 Å². The first-order valence-corrected chi connectivity index (χ1v) is 5.17. The Morgan fingerprint density at radius 1 is 1.53 bits per heavy atom. The summed E-state index contributed by atoms with van der Waals surface area (Å²) < 4.78 is 5.27. The smallest absolute Gasteiger partial charge is 0.225 e. The predicted octanol–water partition coefficient (Wildman–Crippen LogP) is 2.25. The highest BCUT2D eigenvalue weighted by molar-refractivity contribution is 5.27. The van der Waals surface area contributed by atoms with Crippen LogP contribution in [0, 0.1) is 0 Å². The van der Waals surface area contributed by atoms with Crippen molar-refractivity contribution in [2.24, 2.45) is 0 Å². The molecule has 0 radical (unpaired) electrons. The van der Waals surface area contributed by atoms with Gasteiger partial charge in [0.05, 0.1) is 6.61 Å². The van der Waals surface area contributed by atoms with Crippen LogP contribution in [0.25, 0.3) is 0 Å². The van der Waals surface area contributed by atoms with Crippen LogP contribution in [-0.4, -0.2) is 23.1 Å². The summed E-state index contributed by atoms with van der Waals surface area (Å²) in [5.41, 5.74) is 0. The van der Waals surface area contributed by atoms with E-state index in [1.807, 2.05) is 19.9 Å². The van der Waals surface area contributed by atoms with Crippen molar-refractivity contribution < 1.29 is 4.74 Å². The number of hydrogen-bond donors (Lipinski definition) is 1. The molecule has 0 spiro atoms. The summed E-state index contributed by atoms with van der Waals surface area (Å²) in [5, 5.41) is 3.12. The number of rotatable bonds is 6. The zero-order valence-electron chi connectivity index (χ0n) is 9.23. The normalized spacial score (nSPS) is 10.5. The first kappa shape index (κ1) is 11.5. The Morgan fingerprint density at radius 2 is 2.40 bits per heavy atom. The number of anilines is 1. The molecule has 0 aromatic carbocycles. The van der Waals surface area contributed by atoms with Gasteiger partial charge in [-0.05, 0) is 20.3 Å². The van der Waals surface area contributed by atoms with Gasteiger partial charge in [0.25, 0.3) is 0 Å². The van der Waals surface area contributed by atoms with Gasteiger partial charge in [-0.2, -0.15) is 4.98 Å². The number of nitrogens with zero attached hydrogens (tertiary/aromatic N) is 2. The van der Waals surface area contributed by atoms with Gasteiger partial charge in [0.2, 0.25) is 11.8 Å². The molecule has 0 saturated heterocycles. The quantitative estimate of drug-likeness (QED) is 0.574. The molecular weight excluding hydrogens is 190 g/mol. The predicted molar refractivity (Wildman–Crippen MR) is 61.1 cm³/mol. The molecule has 0 saturated carbocycles. The van der Waals surface area contributed by atoms with E-state index in [1.165, 1.54) is 0 Å². The molecule has 0 fully saturated rings. The first-order chi connectivity index (χ1) is 7.36. The maximum Gasteiger partial charge on any atom is 0.225 e. The van der Waals surface area contributed by atoms with Crippen molar-refractivity contribution in [1.82, 2.24) is 9.97 Å². The SMILES string of the molecule is C/C=C/CCNc1nccc(OCC)n1. The van der Waals surface area contributed by atoms with Gasteiger partial charge in [0.15, 0.2) is 0 Å². The average Bonchev–Trinajstić information content (AvgIpc) is 2.26. The molecule has 1 N–H and O–H groups in total. The Kier molecular flexibility index (Phi) is 5.22. The van der Waals surface area contributed by atoms with E-state index in [0.717, 1.165) is 13.0 Å². The highest BCUT2D eigenvalue weighted by Crippen LogP contribution is 2.07. The summed E-state index contributed by atoms with van der Waals surface area (Å²) >= 11 is 0. The van der Waals surface area contributed by atoms with Gasteiger partial charge in [-0.15, -0.1) is 0 Å². The topological polar surface area (TPSA) is 47.0 Å². The second-order valence-electron chi connectivity index (χ2n) is 2.94. The minimum Gasteiger partial charge on any atom is -0.478 e. The van der Waals surface area contributed by atoms with Gasteiger partial charge < -0.3 is 10.1 Å². The fraction of sp³-hybridized carbons (Fsp3) is 0.455. The van der Waals surface area contributed by atoms with E-state index >= 15 is 0 Å². The van der Waals surface area contributed by atoms with Crippen LogP contribution >= 0.6 is 0 Å². The van der Waals surface area contributed by atoms with Gasteiger partial charge in [-0.25, -0.2) is 4.98 Å². The van der Waals surface area contributed by atoms with Crippen molar-refractivity contribution in [1.29, 1.82) is 0 Å². The van der Waals surface area contributed by atoms with Gasteiger partial charge in [0.1, 0.15) is 0 Å². The minimum absolute atomic E-state index is 0.612. The lowest BCUT2D eigenvalue weighted by atomic mass is 10.4. The van der Waals surface area contributed by atoms with E-state index < -0.39 is 0 Å². The van der Waals surface area contributed by atoms with Crippen LogP contribution < -0.4 is 10.1 Å². The fourth-order valence-corrected chi connectivity index (χ4v) is 1.09. The molecule has 0 bridgehead atoms. The fourth-order valence-electron chi connectivity index (χ4n) is 1.09. The lowest BCUT2D eigenvalue weighted by molar-refractivity contribution is 0.326. The highest BCUT2D eigenvalue weighted by atomic mass is 16.5. The van der Waals surface area contributed by atoms with E-state index in [-0.39, 0.29) is 0 Å². The highest BCUT2D eigenvalue weighted by Gasteiger charge is 1.97. The molecule has 1 aromatic rings. The maximum atomic E-state index is 5.27. The van der Waals surface area contributed by atoms with Gasteiger partial charge in [0, 0.05) is 18.8 Å². The van der Waals surface area contributed by atoms with E-state index in [1.54, 1.807) is 12.3 Å². The number of hydrogen-bond acceptors (Lipinski definition) is 4. The van der Waals surface area contributed by atoms with Gasteiger partial charge in [-0.3, -0.25) is 0 Å². The molecular formula is C11H17N3O. The Labute approximate surface area is 90.4 Å². The van der Waals surface area contributed by atoms with E-state index in [9.17, 15) is 0 Å². The third kappa shape index (κ3) is 4.44. The minimum atomic E-state index is 0.612. The molecule has 15 heavy (non-hydrogen) atoms. The standard InChI is InChI=1S/C11H17N3O/c1-3-5-6-8-12-11-13-9-7-10(14-11)15-4-2/h3,5,7,9H,4,6,8H2,1-2H3,(H,12,13,14)/b5-3+. The summed E-state index contributed by atoms with van der Waals surface area (Å²) in [6.07, 6.45) is 6.78. The molecule has 0 aliphatic rings. The van der Waals surface area contributed by atoms with Crippen LogP contribution in [0.15, 0.2) is 24.4 Å². The Balaban J connectivity index is 2.42. The summed E-state index contributed by atoms with van der Waals surface area (Å²) in [5.74, 6) is 1.23. The van der Waals surface area contributed by atoms with E-state index in [2.05, 4.69) is 21.4 Å².